The number of piperidine rings is 1. The molecule has 1 saturated carbocycles. The lowest BCUT2D eigenvalue weighted by molar-refractivity contribution is -0.134. The van der Waals surface area contributed by atoms with Gasteiger partial charge >= 0.3 is 0 Å². The Kier molecular flexibility index (Phi) is 6.27. The molecule has 2 rings (SSSR count). The molecule has 1 unspecified atom stereocenters. The third kappa shape index (κ3) is 3.85. The number of halogens is 1. The van der Waals surface area contributed by atoms with E-state index < -0.39 is 0 Å². The molecule has 1 atom stereocenters. The maximum absolute atomic E-state index is 12.4. The van der Waals surface area contributed by atoms with Crippen LogP contribution >= 0.6 is 12.4 Å². The number of amides is 2. The number of hydrogen-bond acceptors (Lipinski definition) is 3. The monoisotopic (exact) mass is 303 g/mol. The quantitative estimate of drug-likeness (QED) is 0.818. The molecule has 5 nitrogen and oxygen atoms in total. The van der Waals surface area contributed by atoms with Crippen molar-refractivity contribution in [3.05, 3.63) is 0 Å². The summed E-state index contributed by atoms with van der Waals surface area (Å²) in [6, 6.07) is 0. The van der Waals surface area contributed by atoms with Gasteiger partial charge in [0.25, 0.3) is 0 Å². The minimum atomic E-state index is -0.185. The number of likely N-dealkylation sites (tertiary alicyclic amines) is 1. The Morgan fingerprint density at radius 1 is 1.30 bits per heavy atom. The van der Waals surface area contributed by atoms with Crippen LogP contribution in [0.15, 0.2) is 0 Å². The number of nitrogens with zero attached hydrogens (tertiary/aromatic N) is 1. The minimum Gasteiger partial charge on any atom is -0.349 e. The highest BCUT2D eigenvalue weighted by Crippen LogP contribution is 2.29. The van der Waals surface area contributed by atoms with Crippen LogP contribution in [0.25, 0.3) is 0 Å². The molecule has 0 aromatic carbocycles. The lowest BCUT2D eigenvalue weighted by atomic mass is 9.93. The second kappa shape index (κ2) is 7.27. The summed E-state index contributed by atoms with van der Waals surface area (Å²) >= 11 is 0. The predicted molar refractivity (Wildman–Crippen MR) is 80.6 cm³/mol. The van der Waals surface area contributed by atoms with Gasteiger partial charge in [-0.2, -0.15) is 0 Å². The summed E-state index contributed by atoms with van der Waals surface area (Å²) in [6.07, 6.45) is 6.03. The summed E-state index contributed by atoms with van der Waals surface area (Å²) in [4.78, 5) is 25.6. The standard InChI is InChI=1S/C14H25N3O2.ClH/c1-11(18)17-8-4-5-12(9-17)13(19)16-14(10-15)6-2-3-7-14;/h12H,2-10,15H2,1H3,(H,16,19);1H. The molecule has 1 heterocycles. The van der Waals surface area contributed by atoms with Crippen molar-refractivity contribution in [1.82, 2.24) is 10.2 Å². The summed E-state index contributed by atoms with van der Waals surface area (Å²) < 4.78 is 0. The van der Waals surface area contributed by atoms with E-state index >= 15 is 0 Å². The molecule has 2 fully saturated rings. The van der Waals surface area contributed by atoms with E-state index in [-0.39, 0.29) is 35.7 Å². The maximum atomic E-state index is 12.4. The highest BCUT2D eigenvalue weighted by atomic mass is 35.5. The highest BCUT2D eigenvalue weighted by molar-refractivity contribution is 5.85. The van der Waals surface area contributed by atoms with Gasteiger partial charge in [0, 0.05) is 26.6 Å². The van der Waals surface area contributed by atoms with E-state index in [0.29, 0.717) is 13.1 Å². The average molecular weight is 304 g/mol. The SMILES string of the molecule is CC(=O)N1CCCC(C(=O)NC2(CN)CCCC2)C1.Cl. The van der Waals surface area contributed by atoms with Crippen molar-refractivity contribution in [2.45, 2.75) is 51.0 Å². The highest BCUT2D eigenvalue weighted by Gasteiger charge is 2.36. The van der Waals surface area contributed by atoms with Gasteiger partial charge in [-0.1, -0.05) is 12.8 Å². The van der Waals surface area contributed by atoms with Crippen LogP contribution in [-0.2, 0) is 9.59 Å². The third-order valence-corrected chi connectivity index (χ3v) is 4.58. The number of nitrogens with two attached hydrogens (primary N) is 1. The normalized spacial score (nSPS) is 24.9. The molecule has 20 heavy (non-hydrogen) atoms. The Hall–Kier alpha value is -0.810. The van der Waals surface area contributed by atoms with Crippen molar-refractivity contribution in [2.24, 2.45) is 11.7 Å². The zero-order valence-corrected chi connectivity index (χ0v) is 13.0. The van der Waals surface area contributed by atoms with Gasteiger partial charge in [0.1, 0.15) is 0 Å². The van der Waals surface area contributed by atoms with Gasteiger partial charge < -0.3 is 16.0 Å². The topological polar surface area (TPSA) is 75.4 Å². The summed E-state index contributed by atoms with van der Waals surface area (Å²) in [5.41, 5.74) is 5.66. The smallest absolute Gasteiger partial charge is 0.225 e. The first-order valence-electron chi connectivity index (χ1n) is 7.34. The van der Waals surface area contributed by atoms with Gasteiger partial charge in [0.05, 0.1) is 11.5 Å². The van der Waals surface area contributed by atoms with Gasteiger partial charge in [-0.3, -0.25) is 9.59 Å². The minimum absolute atomic E-state index is 0. The Labute approximate surface area is 127 Å². The van der Waals surface area contributed by atoms with Gasteiger partial charge in [0.2, 0.25) is 11.8 Å². The first-order valence-corrected chi connectivity index (χ1v) is 7.34. The number of rotatable bonds is 3. The van der Waals surface area contributed by atoms with Gasteiger partial charge in [0.15, 0.2) is 0 Å². The van der Waals surface area contributed by atoms with E-state index in [0.717, 1.165) is 45.1 Å². The molecule has 0 spiro atoms. The van der Waals surface area contributed by atoms with Crippen LogP contribution in [-0.4, -0.2) is 41.9 Å². The summed E-state index contributed by atoms with van der Waals surface area (Å²) in [6.45, 7) is 3.42. The zero-order chi connectivity index (χ0) is 13.9. The fourth-order valence-electron chi connectivity index (χ4n) is 3.27. The van der Waals surface area contributed by atoms with Crippen molar-refractivity contribution in [1.29, 1.82) is 0 Å². The maximum Gasteiger partial charge on any atom is 0.225 e. The molecule has 2 amide bonds. The molecular weight excluding hydrogens is 278 g/mol. The van der Waals surface area contributed by atoms with E-state index in [1.54, 1.807) is 11.8 Å². The van der Waals surface area contributed by atoms with Crippen LogP contribution < -0.4 is 11.1 Å². The van der Waals surface area contributed by atoms with Crippen molar-refractivity contribution in [3.63, 3.8) is 0 Å². The number of nitrogens with one attached hydrogen (secondary N) is 1. The third-order valence-electron chi connectivity index (χ3n) is 4.58. The van der Waals surface area contributed by atoms with Gasteiger partial charge in [-0.25, -0.2) is 0 Å². The van der Waals surface area contributed by atoms with Crippen LogP contribution in [0, 0.1) is 5.92 Å². The zero-order valence-electron chi connectivity index (χ0n) is 12.2. The predicted octanol–water partition coefficient (Wildman–Crippen LogP) is 1.05. The van der Waals surface area contributed by atoms with E-state index in [2.05, 4.69) is 5.32 Å². The largest absolute Gasteiger partial charge is 0.349 e. The van der Waals surface area contributed by atoms with E-state index in [1.165, 1.54) is 0 Å². The van der Waals surface area contributed by atoms with Crippen molar-refractivity contribution in [2.75, 3.05) is 19.6 Å². The van der Waals surface area contributed by atoms with Crippen molar-refractivity contribution in [3.8, 4) is 0 Å². The molecule has 6 heteroatoms. The van der Waals surface area contributed by atoms with Gasteiger partial charge in [-0.15, -0.1) is 12.4 Å². The molecule has 0 aromatic heterocycles. The van der Waals surface area contributed by atoms with Crippen molar-refractivity contribution >= 4 is 24.2 Å². The molecule has 0 radical (unpaired) electrons. The van der Waals surface area contributed by atoms with Crippen molar-refractivity contribution < 1.29 is 9.59 Å². The molecule has 116 valence electrons. The summed E-state index contributed by atoms with van der Waals surface area (Å²) in [7, 11) is 0. The Bertz CT molecular complexity index is 356. The van der Waals surface area contributed by atoms with Crippen LogP contribution in [0.1, 0.15) is 45.4 Å². The Morgan fingerprint density at radius 3 is 2.50 bits per heavy atom. The molecule has 1 aliphatic carbocycles. The van der Waals surface area contributed by atoms with E-state index in [4.69, 9.17) is 5.73 Å². The molecule has 0 aromatic rings. The number of carbonyl (C=O) groups excluding carboxylic acids is 2. The first kappa shape index (κ1) is 17.2. The molecular formula is C14H26ClN3O2. The summed E-state index contributed by atoms with van der Waals surface area (Å²) in [5, 5.41) is 3.17. The fraction of sp³-hybridized carbons (Fsp3) is 0.857. The van der Waals surface area contributed by atoms with Crippen LogP contribution in [0.3, 0.4) is 0 Å². The Balaban J connectivity index is 0.00000200. The number of hydrogen-bond donors (Lipinski definition) is 2. The first-order chi connectivity index (χ1) is 9.06. The summed E-state index contributed by atoms with van der Waals surface area (Å²) in [5.74, 6) is 0.0758. The fourth-order valence-corrected chi connectivity index (χ4v) is 3.27. The molecule has 3 N–H and O–H groups in total. The van der Waals surface area contributed by atoms with Crippen LogP contribution in [0.2, 0.25) is 0 Å². The Morgan fingerprint density at radius 2 is 1.95 bits per heavy atom. The molecule has 0 bridgehead atoms. The van der Waals surface area contributed by atoms with E-state index in [9.17, 15) is 9.59 Å². The lowest BCUT2D eigenvalue weighted by Crippen LogP contribution is -2.55. The molecule has 2 aliphatic rings. The van der Waals surface area contributed by atoms with Gasteiger partial charge in [-0.05, 0) is 25.7 Å². The second-order valence-corrected chi connectivity index (χ2v) is 5.98. The second-order valence-electron chi connectivity index (χ2n) is 5.98. The lowest BCUT2D eigenvalue weighted by Gasteiger charge is -2.35. The number of carbonyl (C=O) groups is 2. The van der Waals surface area contributed by atoms with E-state index in [1.807, 2.05) is 0 Å². The van der Waals surface area contributed by atoms with Crippen LogP contribution in [0.4, 0.5) is 0 Å². The molecule has 1 saturated heterocycles. The molecule has 1 aliphatic heterocycles. The van der Waals surface area contributed by atoms with Crippen LogP contribution in [0.5, 0.6) is 0 Å². The average Bonchev–Trinajstić information content (AvgIpc) is 2.88.